The van der Waals surface area contributed by atoms with Crippen molar-refractivity contribution in [3.63, 3.8) is 0 Å². The summed E-state index contributed by atoms with van der Waals surface area (Å²) < 4.78 is 5.04. The van der Waals surface area contributed by atoms with E-state index in [-0.39, 0.29) is 30.0 Å². The van der Waals surface area contributed by atoms with Crippen molar-refractivity contribution < 1.29 is 15.1 Å². The van der Waals surface area contributed by atoms with E-state index >= 15 is 0 Å². The number of ether oxygens (including phenoxy) is 1. The SMILES string of the molecule is N/C(=N/O)c1ccnc(OCCO)c1Cl. The van der Waals surface area contributed by atoms with Gasteiger partial charge in [-0.25, -0.2) is 4.98 Å². The van der Waals surface area contributed by atoms with Gasteiger partial charge in [-0.05, 0) is 6.07 Å². The summed E-state index contributed by atoms with van der Waals surface area (Å²) in [4.78, 5) is 3.84. The highest BCUT2D eigenvalue weighted by Crippen LogP contribution is 2.25. The van der Waals surface area contributed by atoms with E-state index in [4.69, 9.17) is 32.4 Å². The fourth-order valence-electron chi connectivity index (χ4n) is 0.919. The minimum absolute atomic E-state index is 0.0757. The molecule has 7 heteroatoms. The minimum atomic E-state index is -0.147. The molecule has 6 nitrogen and oxygen atoms in total. The van der Waals surface area contributed by atoms with E-state index < -0.39 is 0 Å². The van der Waals surface area contributed by atoms with Crippen LogP contribution in [0.3, 0.4) is 0 Å². The number of pyridine rings is 1. The van der Waals surface area contributed by atoms with Gasteiger partial charge in [0.25, 0.3) is 0 Å². The van der Waals surface area contributed by atoms with Crippen LogP contribution in [0.2, 0.25) is 5.02 Å². The van der Waals surface area contributed by atoms with Crippen LogP contribution in [0.4, 0.5) is 0 Å². The lowest BCUT2D eigenvalue weighted by atomic mass is 10.2. The van der Waals surface area contributed by atoms with E-state index in [9.17, 15) is 0 Å². The van der Waals surface area contributed by atoms with Gasteiger partial charge in [0.2, 0.25) is 5.88 Å². The summed E-state index contributed by atoms with van der Waals surface area (Å²) in [5.74, 6) is 0.00562. The summed E-state index contributed by atoms with van der Waals surface area (Å²) in [7, 11) is 0. The predicted octanol–water partition coefficient (Wildman–Crippen LogP) is 0.201. The second-order valence-electron chi connectivity index (χ2n) is 2.53. The van der Waals surface area contributed by atoms with Crippen molar-refractivity contribution in [1.29, 1.82) is 0 Å². The maximum atomic E-state index is 8.56. The molecule has 1 rings (SSSR count). The zero-order chi connectivity index (χ0) is 11.3. The average molecular weight is 232 g/mol. The minimum Gasteiger partial charge on any atom is -0.474 e. The lowest BCUT2D eigenvalue weighted by molar-refractivity contribution is 0.197. The van der Waals surface area contributed by atoms with Gasteiger partial charge in [-0.3, -0.25) is 0 Å². The van der Waals surface area contributed by atoms with Crippen LogP contribution in [0.5, 0.6) is 5.88 Å². The number of aromatic nitrogens is 1. The quantitative estimate of drug-likeness (QED) is 0.297. The van der Waals surface area contributed by atoms with Crippen molar-refractivity contribution >= 4 is 17.4 Å². The molecule has 0 aliphatic rings. The van der Waals surface area contributed by atoms with Gasteiger partial charge in [0.05, 0.1) is 6.61 Å². The maximum absolute atomic E-state index is 8.56. The molecule has 1 heterocycles. The Labute approximate surface area is 90.9 Å². The number of oxime groups is 1. The molecular weight excluding hydrogens is 222 g/mol. The summed E-state index contributed by atoms with van der Waals surface area (Å²) >= 11 is 5.88. The molecule has 15 heavy (non-hydrogen) atoms. The Morgan fingerprint density at radius 1 is 1.67 bits per heavy atom. The van der Waals surface area contributed by atoms with Crippen LogP contribution in [-0.4, -0.2) is 34.3 Å². The molecule has 82 valence electrons. The van der Waals surface area contributed by atoms with Crippen molar-refractivity contribution in [2.45, 2.75) is 0 Å². The van der Waals surface area contributed by atoms with Gasteiger partial charge in [-0.1, -0.05) is 16.8 Å². The highest BCUT2D eigenvalue weighted by molar-refractivity contribution is 6.35. The van der Waals surface area contributed by atoms with Crippen LogP contribution in [0.15, 0.2) is 17.4 Å². The Bertz CT molecular complexity index is 370. The molecule has 0 amide bonds. The molecule has 0 saturated heterocycles. The summed E-state index contributed by atoms with van der Waals surface area (Å²) in [6.07, 6.45) is 1.41. The Morgan fingerprint density at radius 3 is 3.00 bits per heavy atom. The lowest BCUT2D eigenvalue weighted by Gasteiger charge is -2.07. The molecule has 0 radical (unpaired) electrons. The van der Waals surface area contributed by atoms with Crippen molar-refractivity contribution in [2.75, 3.05) is 13.2 Å². The number of hydrogen-bond acceptors (Lipinski definition) is 5. The van der Waals surface area contributed by atoms with Gasteiger partial charge >= 0.3 is 0 Å². The number of aliphatic hydroxyl groups excluding tert-OH is 1. The number of aliphatic hydroxyl groups is 1. The van der Waals surface area contributed by atoms with E-state index in [1.54, 1.807) is 0 Å². The Morgan fingerprint density at radius 2 is 2.40 bits per heavy atom. The van der Waals surface area contributed by atoms with Crippen LogP contribution in [0, 0.1) is 0 Å². The first-order chi connectivity index (χ1) is 7.20. The third-order valence-corrected chi connectivity index (χ3v) is 1.94. The molecule has 0 aliphatic heterocycles. The Hall–Kier alpha value is -1.53. The normalized spacial score (nSPS) is 11.5. The van der Waals surface area contributed by atoms with Crippen molar-refractivity contribution in [3.05, 3.63) is 22.8 Å². The van der Waals surface area contributed by atoms with Gasteiger partial charge in [-0.2, -0.15) is 0 Å². The van der Waals surface area contributed by atoms with E-state index in [1.165, 1.54) is 12.3 Å². The molecule has 1 aromatic heterocycles. The second-order valence-corrected chi connectivity index (χ2v) is 2.91. The largest absolute Gasteiger partial charge is 0.474 e. The second kappa shape index (κ2) is 5.38. The highest BCUT2D eigenvalue weighted by atomic mass is 35.5. The Balaban J connectivity index is 3.00. The molecule has 0 bridgehead atoms. The first kappa shape index (κ1) is 11.5. The standard InChI is InChI=1S/C8H10ClN3O3/c9-6-5(7(10)12-14)1-2-11-8(6)15-4-3-13/h1-2,13-14H,3-4H2,(H2,10,12). The number of nitrogens with two attached hydrogens (primary N) is 1. The third-order valence-electron chi connectivity index (χ3n) is 1.57. The van der Waals surface area contributed by atoms with Crippen molar-refractivity contribution in [2.24, 2.45) is 10.9 Å². The molecule has 0 atom stereocenters. The molecule has 0 saturated carbocycles. The molecule has 0 aliphatic carbocycles. The first-order valence-electron chi connectivity index (χ1n) is 4.06. The average Bonchev–Trinajstić information content (AvgIpc) is 2.27. The smallest absolute Gasteiger partial charge is 0.233 e. The molecule has 4 N–H and O–H groups in total. The molecule has 0 spiro atoms. The highest BCUT2D eigenvalue weighted by Gasteiger charge is 2.11. The lowest BCUT2D eigenvalue weighted by Crippen LogP contribution is -2.14. The summed E-state index contributed by atoms with van der Waals surface area (Å²) in [6.45, 7) is -0.0713. The zero-order valence-electron chi connectivity index (χ0n) is 7.72. The van der Waals surface area contributed by atoms with Gasteiger partial charge < -0.3 is 20.8 Å². The van der Waals surface area contributed by atoms with E-state index in [1.807, 2.05) is 0 Å². The van der Waals surface area contributed by atoms with E-state index in [0.717, 1.165) is 0 Å². The molecular formula is C8H10ClN3O3. The third kappa shape index (κ3) is 2.71. The number of halogens is 1. The number of hydrogen-bond donors (Lipinski definition) is 3. The van der Waals surface area contributed by atoms with E-state index in [0.29, 0.717) is 5.56 Å². The predicted molar refractivity (Wildman–Crippen MR) is 54.3 cm³/mol. The van der Waals surface area contributed by atoms with E-state index in [2.05, 4.69) is 10.1 Å². The van der Waals surface area contributed by atoms with Crippen LogP contribution >= 0.6 is 11.6 Å². The van der Waals surface area contributed by atoms with Crippen molar-refractivity contribution in [3.8, 4) is 5.88 Å². The number of amidine groups is 1. The molecule has 0 aromatic carbocycles. The summed E-state index contributed by atoms with van der Waals surface area (Å²) in [5.41, 5.74) is 5.70. The number of nitrogens with zero attached hydrogens (tertiary/aromatic N) is 2. The molecule has 1 aromatic rings. The van der Waals surface area contributed by atoms with Crippen LogP contribution < -0.4 is 10.5 Å². The molecule has 0 unspecified atom stereocenters. The van der Waals surface area contributed by atoms with Crippen LogP contribution in [0.25, 0.3) is 0 Å². The van der Waals surface area contributed by atoms with Gasteiger partial charge in [-0.15, -0.1) is 0 Å². The first-order valence-corrected chi connectivity index (χ1v) is 4.44. The summed E-state index contributed by atoms with van der Waals surface area (Å²) in [6, 6.07) is 1.49. The van der Waals surface area contributed by atoms with Gasteiger partial charge in [0.15, 0.2) is 5.84 Å². The van der Waals surface area contributed by atoms with Gasteiger partial charge in [0, 0.05) is 11.8 Å². The van der Waals surface area contributed by atoms with Crippen molar-refractivity contribution in [1.82, 2.24) is 4.98 Å². The number of rotatable bonds is 4. The summed E-state index contributed by atoms with van der Waals surface area (Å²) in [5, 5.41) is 20.0. The monoisotopic (exact) mass is 231 g/mol. The topological polar surface area (TPSA) is 101 Å². The Kier molecular flexibility index (Phi) is 4.14. The molecule has 0 fully saturated rings. The van der Waals surface area contributed by atoms with Gasteiger partial charge in [0.1, 0.15) is 11.6 Å². The van der Waals surface area contributed by atoms with Crippen LogP contribution in [0.1, 0.15) is 5.56 Å². The fourth-order valence-corrected chi connectivity index (χ4v) is 1.18. The van der Waals surface area contributed by atoms with Crippen LogP contribution in [-0.2, 0) is 0 Å². The fraction of sp³-hybridized carbons (Fsp3) is 0.250. The maximum Gasteiger partial charge on any atom is 0.233 e. The zero-order valence-corrected chi connectivity index (χ0v) is 8.48.